The van der Waals surface area contributed by atoms with Gasteiger partial charge in [0.1, 0.15) is 11.3 Å². The lowest BCUT2D eigenvalue weighted by molar-refractivity contribution is -0.147. The molecule has 23 heavy (non-hydrogen) atoms. The minimum atomic E-state index is -1.24. The Hall–Kier alpha value is -2.37. The van der Waals surface area contributed by atoms with E-state index in [0.717, 1.165) is 0 Å². The summed E-state index contributed by atoms with van der Waals surface area (Å²) in [5, 5.41) is 11.6. The maximum Gasteiger partial charge on any atom is 0.329 e. The minimum Gasteiger partial charge on any atom is -0.494 e. The van der Waals surface area contributed by atoms with Crippen LogP contribution in [0, 0.1) is 0 Å². The van der Waals surface area contributed by atoms with Crippen LogP contribution in [0.25, 0.3) is 0 Å². The van der Waals surface area contributed by atoms with Crippen LogP contribution in [0.3, 0.4) is 0 Å². The van der Waals surface area contributed by atoms with Gasteiger partial charge in [0, 0.05) is 12.0 Å². The number of ether oxygens (including phenoxy) is 1. The molecule has 6 nitrogen and oxygen atoms in total. The summed E-state index contributed by atoms with van der Waals surface area (Å²) in [6, 6.07) is 6.78. The summed E-state index contributed by atoms with van der Waals surface area (Å²) >= 11 is 0. The van der Waals surface area contributed by atoms with Crippen molar-refractivity contribution in [3.05, 3.63) is 29.8 Å². The van der Waals surface area contributed by atoms with E-state index in [0.29, 0.717) is 30.8 Å². The molecule has 1 amide bonds. The number of carbonyl (C=O) groups excluding carboxylic acids is 2. The van der Waals surface area contributed by atoms with Gasteiger partial charge in [-0.15, -0.1) is 0 Å². The highest BCUT2D eigenvalue weighted by molar-refractivity contribution is 5.94. The van der Waals surface area contributed by atoms with Crippen LogP contribution in [0.5, 0.6) is 5.75 Å². The van der Waals surface area contributed by atoms with Crippen LogP contribution in [0.4, 0.5) is 0 Å². The van der Waals surface area contributed by atoms with Gasteiger partial charge in [-0.05, 0) is 51.0 Å². The molecule has 0 bridgehead atoms. The fraction of sp³-hybridized carbons (Fsp3) is 0.471. The fourth-order valence-electron chi connectivity index (χ4n) is 1.87. The Bertz CT molecular complexity index is 567. The van der Waals surface area contributed by atoms with Gasteiger partial charge < -0.3 is 15.2 Å². The van der Waals surface area contributed by atoms with Gasteiger partial charge in [0.05, 0.1) is 6.61 Å². The van der Waals surface area contributed by atoms with Crippen molar-refractivity contribution in [3.8, 4) is 5.75 Å². The number of carboxylic acid groups (broad SMARTS) is 1. The van der Waals surface area contributed by atoms with Gasteiger partial charge in [-0.3, -0.25) is 9.59 Å². The molecular weight excluding hydrogens is 298 g/mol. The second-order valence-corrected chi connectivity index (χ2v) is 5.57. The first kappa shape index (κ1) is 18.7. The molecule has 0 saturated carbocycles. The second kappa shape index (κ2) is 8.31. The van der Waals surface area contributed by atoms with Gasteiger partial charge in [-0.2, -0.15) is 0 Å². The molecule has 0 fully saturated rings. The molecule has 0 spiro atoms. The molecule has 0 aliphatic rings. The zero-order valence-corrected chi connectivity index (χ0v) is 13.7. The number of nitrogens with one attached hydrogen (secondary N) is 1. The SMILES string of the molecule is CCC(C)(NC(=O)CCCOc1ccc(C(C)=O)cc1)C(=O)O. The fourth-order valence-corrected chi connectivity index (χ4v) is 1.87. The van der Waals surface area contributed by atoms with Crippen LogP contribution in [-0.4, -0.2) is 34.9 Å². The van der Waals surface area contributed by atoms with Crippen molar-refractivity contribution in [3.63, 3.8) is 0 Å². The Morgan fingerprint density at radius 2 is 1.83 bits per heavy atom. The number of benzene rings is 1. The van der Waals surface area contributed by atoms with Crippen molar-refractivity contribution in [2.45, 2.75) is 45.6 Å². The van der Waals surface area contributed by atoms with E-state index in [1.165, 1.54) is 13.8 Å². The third-order valence-electron chi connectivity index (χ3n) is 3.67. The highest BCUT2D eigenvalue weighted by atomic mass is 16.5. The monoisotopic (exact) mass is 321 g/mol. The summed E-state index contributed by atoms with van der Waals surface area (Å²) < 4.78 is 5.49. The van der Waals surface area contributed by atoms with E-state index >= 15 is 0 Å². The van der Waals surface area contributed by atoms with Gasteiger partial charge in [0.2, 0.25) is 5.91 Å². The van der Waals surface area contributed by atoms with Gasteiger partial charge in [-0.1, -0.05) is 6.92 Å². The number of ketones is 1. The molecule has 1 unspecified atom stereocenters. The largest absolute Gasteiger partial charge is 0.494 e. The first-order valence-electron chi connectivity index (χ1n) is 7.56. The number of amides is 1. The lowest BCUT2D eigenvalue weighted by Gasteiger charge is -2.24. The predicted molar refractivity (Wildman–Crippen MR) is 85.7 cm³/mol. The molecule has 0 aliphatic carbocycles. The highest BCUT2D eigenvalue weighted by Gasteiger charge is 2.32. The standard InChI is InChI=1S/C17H23NO5/c1-4-17(3,16(21)22)18-15(20)6-5-11-23-14-9-7-13(8-10-14)12(2)19/h7-10H,4-6,11H2,1-3H3,(H,18,20)(H,21,22). The lowest BCUT2D eigenvalue weighted by Crippen LogP contribution is -2.51. The average Bonchev–Trinajstić information content (AvgIpc) is 2.51. The summed E-state index contributed by atoms with van der Waals surface area (Å²) in [4.78, 5) is 34.1. The van der Waals surface area contributed by atoms with Crippen molar-refractivity contribution < 1.29 is 24.2 Å². The average molecular weight is 321 g/mol. The Labute approximate surface area is 135 Å². The van der Waals surface area contributed by atoms with Gasteiger partial charge >= 0.3 is 5.97 Å². The van der Waals surface area contributed by atoms with Crippen molar-refractivity contribution in [1.29, 1.82) is 0 Å². The van der Waals surface area contributed by atoms with Crippen LogP contribution >= 0.6 is 0 Å². The number of carbonyl (C=O) groups is 3. The zero-order chi connectivity index (χ0) is 17.5. The summed E-state index contributed by atoms with van der Waals surface area (Å²) in [6.07, 6.45) is 0.973. The zero-order valence-electron chi connectivity index (χ0n) is 13.7. The number of aliphatic carboxylic acids is 1. The Morgan fingerprint density at radius 3 is 2.30 bits per heavy atom. The topological polar surface area (TPSA) is 92.7 Å². The Balaban J connectivity index is 2.35. The Morgan fingerprint density at radius 1 is 1.22 bits per heavy atom. The maximum atomic E-state index is 11.8. The number of hydrogen-bond donors (Lipinski definition) is 2. The molecule has 0 aliphatic heterocycles. The molecule has 0 radical (unpaired) electrons. The number of Topliss-reactive ketones (excluding diaryl/α,β-unsaturated/α-hetero) is 1. The third kappa shape index (κ3) is 5.73. The summed E-state index contributed by atoms with van der Waals surface area (Å²) in [7, 11) is 0. The Kier molecular flexibility index (Phi) is 6.75. The molecule has 126 valence electrons. The first-order valence-corrected chi connectivity index (χ1v) is 7.56. The van der Waals surface area contributed by atoms with Crippen LogP contribution in [0.2, 0.25) is 0 Å². The van der Waals surface area contributed by atoms with Gasteiger partial charge in [0.15, 0.2) is 5.78 Å². The smallest absolute Gasteiger partial charge is 0.329 e. The molecule has 0 heterocycles. The summed E-state index contributed by atoms with van der Waals surface area (Å²) in [6.45, 7) is 5.03. The van der Waals surface area contributed by atoms with Crippen LogP contribution in [0.1, 0.15) is 50.4 Å². The van der Waals surface area contributed by atoms with E-state index in [9.17, 15) is 14.4 Å². The molecule has 1 aromatic carbocycles. The molecule has 1 aromatic rings. The predicted octanol–water partition coefficient (Wildman–Crippen LogP) is 2.42. The van der Waals surface area contributed by atoms with Gasteiger partial charge in [-0.25, -0.2) is 4.79 Å². The van der Waals surface area contributed by atoms with Crippen molar-refractivity contribution in [1.82, 2.24) is 5.32 Å². The molecular formula is C17H23NO5. The van der Waals surface area contributed by atoms with Gasteiger partial charge in [0.25, 0.3) is 0 Å². The first-order chi connectivity index (χ1) is 10.8. The molecule has 2 N–H and O–H groups in total. The van der Waals surface area contributed by atoms with Crippen LogP contribution < -0.4 is 10.1 Å². The van der Waals surface area contributed by atoms with E-state index in [1.807, 2.05) is 0 Å². The van der Waals surface area contributed by atoms with E-state index in [2.05, 4.69) is 5.32 Å². The number of rotatable bonds is 9. The molecule has 1 rings (SSSR count). The van der Waals surface area contributed by atoms with E-state index < -0.39 is 11.5 Å². The van der Waals surface area contributed by atoms with Crippen LogP contribution in [-0.2, 0) is 9.59 Å². The molecule has 1 atom stereocenters. The third-order valence-corrected chi connectivity index (χ3v) is 3.67. The number of hydrogen-bond acceptors (Lipinski definition) is 4. The highest BCUT2D eigenvalue weighted by Crippen LogP contribution is 2.13. The number of carboxylic acids is 1. The minimum absolute atomic E-state index is 0.00868. The van der Waals surface area contributed by atoms with E-state index in [4.69, 9.17) is 9.84 Å². The quantitative estimate of drug-likeness (QED) is 0.538. The second-order valence-electron chi connectivity index (χ2n) is 5.57. The summed E-state index contributed by atoms with van der Waals surface area (Å²) in [5.41, 5.74) is -0.621. The summed E-state index contributed by atoms with van der Waals surface area (Å²) in [5.74, 6) is -0.743. The molecule has 0 saturated heterocycles. The van der Waals surface area contributed by atoms with E-state index in [1.54, 1.807) is 31.2 Å². The van der Waals surface area contributed by atoms with E-state index in [-0.39, 0.29) is 18.1 Å². The normalized spacial score (nSPS) is 13.0. The van der Waals surface area contributed by atoms with Crippen molar-refractivity contribution in [2.24, 2.45) is 0 Å². The molecule has 0 aromatic heterocycles. The van der Waals surface area contributed by atoms with Crippen molar-refractivity contribution in [2.75, 3.05) is 6.61 Å². The van der Waals surface area contributed by atoms with Crippen LogP contribution in [0.15, 0.2) is 24.3 Å². The maximum absolute atomic E-state index is 11.8. The molecule has 6 heteroatoms. The van der Waals surface area contributed by atoms with Crippen molar-refractivity contribution >= 4 is 17.7 Å². The lowest BCUT2D eigenvalue weighted by atomic mass is 9.99.